The molecule has 0 spiro atoms. The molecule has 7 rings (SSSR count). The van der Waals surface area contributed by atoms with Gasteiger partial charge < -0.3 is 5.11 Å². The van der Waals surface area contributed by atoms with Crippen molar-refractivity contribution in [3.05, 3.63) is 139 Å². The first-order valence-electron chi connectivity index (χ1n) is 14.8. The van der Waals surface area contributed by atoms with Crippen LogP contribution in [0.25, 0.3) is 61.8 Å². The van der Waals surface area contributed by atoms with Crippen molar-refractivity contribution in [3.63, 3.8) is 0 Å². The van der Waals surface area contributed by atoms with Crippen molar-refractivity contribution in [2.45, 2.75) is 26.2 Å². The largest absolute Gasteiger partial charge is 0.507 e. The van der Waals surface area contributed by atoms with E-state index in [0.717, 1.165) is 55.9 Å². The molecule has 0 saturated heterocycles. The number of para-hydroxylation sites is 2. The number of aromatic nitrogens is 4. The number of fused-ring (bicyclic) bond motifs is 1. The Balaban J connectivity index is 1.52. The molecule has 0 bridgehead atoms. The summed E-state index contributed by atoms with van der Waals surface area (Å²) < 4.78 is 2.11. The van der Waals surface area contributed by atoms with Gasteiger partial charge >= 0.3 is 0 Å². The number of nitrogens with zero attached hydrogens (tertiary/aromatic N) is 4. The third-order valence-corrected chi connectivity index (χ3v) is 7.95. The molecule has 44 heavy (non-hydrogen) atoms. The summed E-state index contributed by atoms with van der Waals surface area (Å²) in [7, 11) is 0. The van der Waals surface area contributed by atoms with Crippen LogP contribution in [0.3, 0.4) is 0 Å². The molecule has 4 aromatic carbocycles. The molecule has 0 atom stereocenters. The molecule has 3 aromatic heterocycles. The van der Waals surface area contributed by atoms with Crippen LogP contribution in [-0.4, -0.2) is 24.6 Å². The average Bonchev–Trinajstić information content (AvgIpc) is 3.45. The van der Waals surface area contributed by atoms with Crippen LogP contribution < -0.4 is 0 Å². The van der Waals surface area contributed by atoms with Crippen LogP contribution in [0, 0.1) is 0 Å². The number of imidazole rings is 1. The van der Waals surface area contributed by atoms with Gasteiger partial charge in [0.1, 0.15) is 17.1 Å². The highest BCUT2D eigenvalue weighted by Crippen LogP contribution is 2.41. The van der Waals surface area contributed by atoms with Gasteiger partial charge in [0.15, 0.2) is 0 Å². The minimum Gasteiger partial charge on any atom is -0.507 e. The number of rotatable bonds is 5. The van der Waals surface area contributed by atoms with Gasteiger partial charge in [0.05, 0.1) is 22.5 Å². The normalized spacial score (nSPS) is 11.6. The molecule has 0 fully saturated rings. The molecule has 0 radical (unpaired) electrons. The maximum atomic E-state index is 11.6. The van der Waals surface area contributed by atoms with Crippen molar-refractivity contribution in [3.8, 4) is 56.5 Å². The van der Waals surface area contributed by atoms with E-state index in [4.69, 9.17) is 9.97 Å². The van der Waals surface area contributed by atoms with Crippen LogP contribution in [0.4, 0.5) is 0 Å². The molecule has 1 N–H and O–H groups in total. The topological polar surface area (TPSA) is 63.8 Å². The Bertz CT molecular complexity index is 2040. The standard InChI is InChI=1S/C39H32N4O/c1-39(2,3)32-18-12-17-31(37(32)44)38-42-36-34(43(38)30-15-8-5-9-16-30)20-22-41-35(36)29-24-27(26-13-6-4-7-14-26)23-28(25-29)33-19-10-11-21-40-33/h4-25,44H,1-3H3. The maximum Gasteiger partial charge on any atom is 0.149 e. The zero-order valence-electron chi connectivity index (χ0n) is 24.9. The van der Waals surface area contributed by atoms with Gasteiger partial charge in [0.2, 0.25) is 0 Å². The third kappa shape index (κ3) is 4.92. The molecule has 0 amide bonds. The number of phenols is 1. The van der Waals surface area contributed by atoms with Crippen molar-refractivity contribution in [1.82, 2.24) is 19.5 Å². The summed E-state index contributed by atoms with van der Waals surface area (Å²) in [6.07, 6.45) is 3.65. The molecule has 3 heterocycles. The van der Waals surface area contributed by atoms with E-state index in [0.29, 0.717) is 11.4 Å². The quantitative estimate of drug-likeness (QED) is 0.223. The van der Waals surface area contributed by atoms with Crippen LogP contribution in [-0.2, 0) is 5.41 Å². The van der Waals surface area contributed by atoms with Crippen molar-refractivity contribution in [1.29, 1.82) is 0 Å². The fourth-order valence-corrected chi connectivity index (χ4v) is 5.81. The Morgan fingerprint density at radius 2 is 1.32 bits per heavy atom. The molecule has 7 aromatic rings. The van der Waals surface area contributed by atoms with Crippen molar-refractivity contribution < 1.29 is 5.11 Å². The third-order valence-electron chi connectivity index (χ3n) is 7.95. The summed E-state index contributed by atoms with van der Waals surface area (Å²) in [5.74, 6) is 0.902. The summed E-state index contributed by atoms with van der Waals surface area (Å²) in [5, 5.41) is 11.6. The Morgan fingerprint density at radius 3 is 2.05 bits per heavy atom. The number of pyridine rings is 2. The van der Waals surface area contributed by atoms with Gasteiger partial charge in [-0.25, -0.2) is 4.98 Å². The Kier molecular flexibility index (Phi) is 6.78. The lowest BCUT2D eigenvalue weighted by atomic mass is 9.85. The molecule has 0 saturated carbocycles. The lowest BCUT2D eigenvalue weighted by Crippen LogP contribution is -2.11. The first-order chi connectivity index (χ1) is 21.4. The Hall–Kier alpha value is -5.55. The highest BCUT2D eigenvalue weighted by Gasteiger charge is 2.25. The van der Waals surface area contributed by atoms with Gasteiger partial charge in [-0.3, -0.25) is 14.5 Å². The second-order valence-electron chi connectivity index (χ2n) is 12.0. The second-order valence-corrected chi connectivity index (χ2v) is 12.0. The summed E-state index contributed by atoms with van der Waals surface area (Å²) in [5.41, 5.74) is 9.69. The summed E-state index contributed by atoms with van der Waals surface area (Å²) in [6, 6.07) is 40.8. The predicted octanol–water partition coefficient (Wildman–Crippen LogP) is 9.49. The van der Waals surface area contributed by atoms with Gasteiger partial charge in [-0.2, -0.15) is 0 Å². The van der Waals surface area contributed by atoms with E-state index < -0.39 is 0 Å². The minimum atomic E-state index is -0.240. The van der Waals surface area contributed by atoms with Crippen molar-refractivity contribution >= 4 is 11.0 Å². The SMILES string of the molecule is CC(C)(C)c1cccc(-c2nc3c(-c4cc(-c5ccccc5)cc(-c5ccccn5)c4)nccc3n2-c2ccccc2)c1O. The first-order valence-corrected chi connectivity index (χ1v) is 14.8. The van der Waals surface area contributed by atoms with E-state index in [1.54, 1.807) is 0 Å². The fourth-order valence-electron chi connectivity index (χ4n) is 5.81. The fraction of sp³-hybridized carbons (Fsp3) is 0.103. The van der Waals surface area contributed by atoms with E-state index in [2.05, 4.69) is 72.8 Å². The lowest BCUT2D eigenvalue weighted by molar-refractivity contribution is 0.448. The highest BCUT2D eigenvalue weighted by molar-refractivity contribution is 5.95. The number of hydrogen-bond donors (Lipinski definition) is 1. The van der Waals surface area contributed by atoms with Gasteiger partial charge in [-0.15, -0.1) is 0 Å². The van der Waals surface area contributed by atoms with E-state index in [9.17, 15) is 5.11 Å². The van der Waals surface area contributed by atoms with E-state index >= 15 is 0 Å². The molecular weight excluding hydrogens is 540 g/mol. The molecule has 0 aliphatic carbocycles. The Labute approximate surface area is 257 Å². The molecular formula is C39H32N4O. The van der Waals surface area contributed by atoms with Gasteiger partial charge in [-0.1, -0.05) is 87.5 Å². The van der Waals surface area contributed by atoms with Crippen molar-refractivity contribution in [2.24, 2.45) is 0 Å². The van der Waals surface area contributed by atoms with Crippen molar-refractivity contribution in [2.75, 3.05) is 0 Å². The van der Waals surface area contributed by atoms with Crippen LogP contribution in [0.15, 0.2) is 134 Å². The first kappa shape index (κ1) is 27.3. The van der Waals surface area contributed by atoms with Gasteiger partial charge in [0, 0.05) is 29.2 Å². The molecule has 0 aliphatic heterocycles. The van der Waals surface area contributed by atoms with E-state index in [-0.39, 0.29) is 11.2 Å². The smallest absolute Gasteiger partial charge is 0.149 e. The van der Waals surface area contributed by atoms with Crippen LogP contribution >= 0.6 is 0 Å². The van der Waals surface area contributed by atoms with E-state index in [1.807, 2.05) is 91.3 Å². The molecule has 0 unspecified atom stereocenters. The minimum absolute atomic E-state index is 0.240. The summed E-state index contributed by atoms with van der Waals surface area (Å²) in [6.45, 7) is 6.31. The zero-order valence-corrected chi connectivity index (χ0v) is 24.9. The molecule has 5 nitrogen and oxygen atoms in total. The zero-order chi connectivity index (χ0) is 30.3. The maximum absolute atomic E-state index is 11.6. The van der Waals surface area contributed by atoms with Crippen LogP contribution in [0.1, 0.15) is 26.3 Å². The second kappa shape index (κ2) is 10.9. The molecule has 214 valence electrons. The highest BCUT2D eigenvalue weighted by atomic mass is 16.3. The van der Waals surface area contributed by atoms with E-state index in [1.165, 1.54) is 0 Å². The number of benzene rings is 4. The molecule has 0 aliphatic rings. The average molecular weight is 573 g/mol. The monoisotopic (exact) mass is 572 g/mol. The number of phenolic OH excluding ortho intramolecular Hbond substituents is 1. The number of aromatic hydroxyl groups is 1. The van der Waals surface area contributed by atoms with Crippen LogP contribution in [0.2, 0.25) is 0 Å². The summed E-state index contributed by atoms with van der Waals surface area (Å²) >= 11 is 0. The van der Waals surface area contributed by atoms with Gasteiger partial charge in [-0.05, 0) is 76.7 Å². The number of hydrogen-bond acceptors (Lipinski definition) is 4. The van der Waals surface area contributed by atoms with Crippen LogP contribution in [0.5, 0.6) is 5.75 Å². The Morgan fingerprint density at radius 1 is 0.614 bits per heavy atom. The predicted molar refractivity (Wildman–Crippen MR) is 179 cm³/mol. The summed E-state index contributed by atoms with van der Waals surface area (Å²) in [4.78, 5) is 14.8. The lowest BCUT2D eigenvalue weighted by Gasteiger charge is -2.22. The molecule has 5 heteroatoms. The van der Waals surface area contributed by atoms with Gasteiger partial charge in [0.25, 0.3) is 0 Å².